The summed E-state index contributed by atoms with van der Waals surface area (Å²) >= 11 is 0. The van der Waals surface area contributed by atoms with Crippen molar-refractivity contribution in [2.75, 3.05) is 0 Å². The average molecular weight is 192 g/mol. The van der Waals surface area contributed by atoms with E-state index in [1.165, 1.54) is 0 Å². The van der Waals surface area contributed by atoms with E-state index in [9.17, 15) is 0 Å². The normalized spacial score (nSPS) is 0. The Morgan fingerprint density at radius 2 is 0.667 bits per heavy atom. The molecule has 0 fully saturated rings. The molecule has 0 aromatic carbocycles. The minimum absolute atomic E-state index is 0. The Labute approximate surface area is 113 Å². The van der Waals surface area contributed by atoms with E-state index in [2.05, 4.69) is 0 Å². The van der Waals surface area contributed by atoms with E-state index in [-0.39, 0.29) is 115 Å². The minimum atomic E-state index is 0. The van der Waals surface area contributed by atoms with Gasteiger partial charge in [0.15, 0.2) is 0 Å². The van der Waals surface area contributed by atoms with Crippen LogP contribution in [0.5, 0.6) is 0 Å². The molecule has 0 aromatic heterocycles. The van der Waals surface area contributed by atoms with Crippen LogP contribution in [0.3, 0.4) is 0 Å². The maximum Gasteiger partial charge on any atom is 4.00 e. The van der Waals surface area contributed by atoms with Gasteiger partial charge < -0.3 is 11.0 Å². The predicted molar refractivity (Wildman–Crippen MR) is 12.9 cm³/mol. The molecule has 0 amide bonds. The summed E-state index contributed by atoms with van der Waals surface area (Å²) in [6.45, 7) is 0. The Balaban J connectivity index is 0. The van der Waals surface area contributed by atoms with Crippen LogP contribution in [0.15, 0.2) is 0 Å². The molecule has 6 heavy (non-hydrogen) atoms. The standard InChI is InChI=1S/Ca.Mg.2O.2Ti/q2*+2;2*-2;2*+4. The third kappa shape index (κ3) is 26.3. The topological polar surface area (TPSA) is 57.0 Å². The Bertz CT molecular complexity index is 11.5. The molecule has 0 spiro atoms. The first-order chi connectivity index (χ1) is 0. The van der Waals surface area contributed by atoms with Crippen LogP contribution >= 0.6 is 0 Å². The fraction of sp³-hybridized carbons (Fsp3) is 0. The largest absolute Gasteiger partial charge is 4.00 e. The van der Waals surface area contributed by atoms with Gasteiger partial charge in [0, 0.05) is 0 Å². The van der Waals surface area contributed by atoms with Gasteiger partial charge in [-0.15, -0.1) is 0 Å². The molecule has 0 saturated carbocycles. The van der Waals surface area contributed by atoms with Gasteiger partial charge >= 0.3 is 104 Å². The van der Waals surface area contributed by atoms with Crippen molar-refractivity contribution in [3.63, 3.8) is 0 Å². The zero-order chi connectivity index (χ0) is 0. The fourth-order valence-electron chi connectivity index (χ4n) is 0. The minimum Gasteiger partial charge on any atom is -2.00 e. The zero-order valence-electron chi connectivity index (χ0n) is 3.23. The summed E-state index contributed by atoms with van der Waals surface area (Å²) in [4.78, 5) is 0. The van der Waals surface area contributed by atoms with Gasteiger partial charge in [-0.05, 0) is 0 Å². The summed E-state index contributed by atoms with van der Waals surface area (Å²) in [5.74, 6) is 0. The van der Waals surface area contributed by atoms with Crippen molar-refractivity contribution in [2.24, 2.45) is 0 Å². The van der Waals surface area contributed by atoms with E-state index in [0.717, 1.165) is 0 Å². The van der Waals surface area contributed by atoms with Gasteiger partial charge in [0.25, 0.3) is 0 Å². The van der Waals surface area contributed by atoms with E-state index >= 15 is 0 Å². The molecule has 0 N–H and O–H groups in total. The van der Waals surface area contributed by atoms with Crippen LogP contribution < -0.4 is 0 Å². The van der Waals surface area contributed by atoms with E-state index in [1.807, 2.05) is 0 Å². The first-order valence-corrected chi connectivity index (χ1v) is 0. The van der Waals surface area contributed by atoms with Crippen LogP contribution in [0.4, 0.5) is 0 Å². The second kappa shape index (κ2) is 40.0. The summed E-state index contributed by atoms with van der Waals surface area (Å²) < 4.78 is 0. The maximum atomic E-state index is 0. The molecule has 2 nitrogen and oxygen atoms in total. The van der Waals surface area contributed by atoms with Gasteiger partial charge in [0.1, 0.15) is 0 Å². The Morgan fingerprint density at radius 3 is 0.667 bits per heavy atom. The second-order valence-electron chi connectivity index (χ2n) is 0. The zero-order valence-corrected chi connectivity index (χ0v) is 9.98. The summed E-state index contributed by atoms with van der Waals surface area (Å²) in [5, 5.41) is 0. The number of hydrogen-bond acceptors (Lipinski definition) is 0. The quantitative estimate of drug-likeness (QED) is 0.442. The van der Waals surface area contributed by atoms with Crippen LogP contribution in [0.25, 0.3) is 0 Å². The van der Waals surface area contributed by atoms with Gasteiger partial charge in [-0.25, -0.2) is 0 Å². The molecular weight excluding hydrogens is 192 g/mol. The Kier molecular flexibility index (Phi) is 385. The third-order valence-corrected chi connectivity index (χ3v) is 0. The van der Waals surface area contributed by atoms with Crippen LogP contribution in [-0.2, 0) is 54.4 Å². The number of hydrogen-bond donors (Lipinski definition) is 0. The van der Waals surface area contributed by atoms with E-state index in [4.69, 9.17) is 0 Å². The van der Waals surface area contributed by atoms with Crippen molar-refractivity contribution in [2.45, 2.75) is 0 Å². The summed E-state index contributed by atoms with van der Waals surface area (Å²) in [6, 6.07) is 0. The molecule has 0 bridgehead atoms. The summed E-state index contributed by atoms with van der Waals surface area (Å²) in [6.07, 6.45) is 0. The second-order valence-corrected chi connectivity index (χ2v) is 0. The van der Waals surface area contributed by atoms with Crippen molar-refractivity contribution in [1.82, 2.24) is 0 Å². The number of rotatable bonds is 0. The van der Waals surface area contributed by atoms with Gasteiger partial charge in [0.05, 0.1) is 0 Å². The SMILES string of the molecule is [Ca+2].[Mg+2].[O-2].[O-2].[Ti+4].[Ti+4]. The molecule has 0 rings (SSSR count). The van der Waals surface area contributed by atoms with Gasteiger partial charge in [-0.3, -0.25) is 0 Å². The smallest absolute Gasteiger partial charge is 2.00 e. The van der Waals surface area contributed by atoms with Crippen LogP contribution in [0, 0.1) is 0 Å². The molecule has 0 atom stereocenters. The van der Waals surface area contributed by atoms with Crippen molar-refractivity contribution < 1.29 is 54.4 Å². The van der Waals surface area contributed by atoms with Crippen molar-refractivity contribution >= 4 is 60.8 Å². The average Bonchev–Trinajstić information content (AvgIpc) is 0. The molecule has 0 aliphatic rings. The Hall–Kier alpha value is 3.37. The maximum absolute atomic E-state index is 0. The van der Waals surface area contributed by atoms with E-state index in [1.54, 1.807) is 0 Å². The fourth-order valence-corrected chi connectivity index (χ4v) is 0. The molecule has 0 aliphatic heterocycles. The summed E-state index contributed by atoms with van der Waals surface area (Å²) in [7, 11) is 0. The van der Waals surface area contributed by atoms with Crippen LogP contribution in [0.2, 0.25) is 0 Å². The first kappa shape index (κ1) is 57.7. The monoisotopic (exact) mass is 192 g/mol. The molecular formula is CaMgO2Ti2+8. The van der Waals surface area contributed by atoms with E-state index in [0.29, 0.717) is 0 Å². The molecule has 0 aromatic rings. The molecule has 0 aliphatic carbocycles. The molecule has 0 saturated heterocycles. The third-order valence-electron chi connectivity index (χ3n) is 0. The van der Waals surface area contributed by atoms with Gasteiger partial charge in [0.2, 0.25) is 0 Å². The molecule has 16 valence electrons. The van der Waals surface area contributed by atoms with Crippen LogP contribution in [0.1, 0.15) is 0 Å². The van der Waals surface area contributed by atoms with Gasteiger partial charge in [-0.1, -0.05) is 0 Å². The predicted octanol–water partition coefficient (Wildman–Crippen LogP) is -1.00. The van der Waals surface area contributed by atoms with E-state index < -0.39 is 0 Å². The molecule has 0 heterocycles. The molecule has 0 unspecified atom stereocenters. The van der Waals surface area contributed by atoms with Crippen molar-refractivity contribution in [1.29, 1.82) is 0 Å². The van der Waals surface area contributed by atoms with Gasteiger partial charge in [-0.2, -0.15) is 0 Å². The summed E-state index contributed by atoms with van der Waals surface area (Å²) in [5.41, 5.74) is 0. The van der Waals surface area contributed by atoms with Crippen LogP contribution in [-0.4, -0.2) is 60.8 Å². The Morgan fingerprint density at radius 1 is 0.667 bits per heavy atom. The molecule has 0 radical (unpaired) electrons. The van der Waals surface area contributed by atoms with Crippen molar-refractivity contribution in [3.05, 3.63) is 0 Å². The molecule has 6 heteroatoms. The van der Waals surface area contributed by atoms with Crippen molar-refractivity contribution in [3.8, 4) is 0 Å². The first-order valence-electron chi connectivity index (χ1n) is 0.